The average Bonchev–Trinajstić information content (AvgIpc) is 2.15. The van der Waals surface area contributed by atoms with Crippen LogP contribution in [0.15, 0.2) is 0 Å². The monoisotopic (exact) mass is 262 g/mol. The number of sulfone groups is 1. The van der Waals surface area contributed by atoms with E-state index in [-0.39, 0.29) is 35.9 Å². The number of amides is 1. The van der Waals surface area contributed by atoms with Gasteiger partial charge in [0.25, 0.3) is 0 Å². The van der Waals surface area contributed by atoms with Crippen molar-refractivity contribution in [3.05, 3.63) is 0 Å². The van der Waals surface area contributed by atoms with Gasteiger partial charge in [0.2, 0.25) is 5.91 Å². The van der Waals surface area contributed by atoms with Gasteiger partial charge in [0.1, 0.15) is 0 Å². The maximum absolute atomic E-state index is 11.7. The van der Waals surface area contributed by atoms with Crippen molar-refractivity contribution in [1.82, 2.24) is 10.6 Å². The van der Waals surface area contributed by atoms with Crippen molar-refractivity contribution in [3.63, 3.8) is 0 Å². The molecule has 1 rings (SSSR count). The van der Waals surface area contributed by atoms with Crippen molar-refractivity contribution in [2.45, 2.75) is 39.3 Å². The van der Waals surface area contributed by atoms with Gasteiger partial charge in [0, 0.05) is 25.0 Å². The number of carbonyl (C=O) groups excluding carboxylic acids is 1. The van der Waals surface area contributed by atoms with Crippen LogP contribution in [-0.4, -0.2) is 44.5 Å². The number of nitrogens with one attached hydrogen (secondary N) is 2. The summed E-state index contributed by atoms with van der Waals surface area (Å²) in [5.74, 6) is 0.534. The molecule has 2 unspecified atom stereocenters. The summed E-state index contributed by atoms with van der Waals surface area (Å²) in [4.78, 5) is 11.7. The van der Waals surface area contributed by atoms with E-state index in [1.54, 1.807) is 0 Å². The molecule has 100 valence electrons. The summed E-state index contributed by atoms with van der Waals surface area (Å²) < 4.78 is 22.8. The van der Waals surface area contributed by atoms with Crippen LogP contribution in [0.3, 0.4) is 0 Å². The lowest BCUT2D eigenvalue weighted by Gasteiger charge is -2.24. The van der Waals surface area contributed by atoms with Gasteiger partial charge in [-0.05, 0) is 12.8 Å². The number of rotatable bonds is 4. The van der Waals surface area contributed by atoms with Crippen LogP contribution in [0, 0.1) is 5.92 Å². The molecule has 1 heterocycles. The van der Waals surface area contributed by atoms with Crippen LogP contribution in [0.5, 0.6) is 0 Å². The van der Waals surface area contributed by atoms with E-state index in [4.69, 9.17) is 0 Å². The van der Waals surface area contributed by atoms with Crippen LogP contribution in [0.4, 0.5) is 0 Å². The molecule has 6 heteroatoms. The second-order valence-electron chi connectivity index (χ2n) is 5.07. The zero-order valence-electron chi connectivity index (χ0n) is 10.7. The summed E-state index contributed by atoms with van der Waals surface area (Å²) >= 11 is 0. The van der Waals surface area contributed by atoms with Crippen molar-refractivity contribution in [3.8, 4) is 0 Å². The Balaban J connectivity index is 2.41. The van der Waals surface area contributed by atoms with Crippen molar-refractivity contribution in [2.75, 3.05) is 18.1 Å². The molecular formula is C11H22N2O3S. The van der Waals surface area contributed by atoms with Crippen LogP contribution in [0.25, 0.3) is 0 Å². The fraction of sp³-hybridized carbons (Fsp3) is 0.909. The third-order valence-corrected chi connectivity index (χ3v) is 4.86. The molecule has 1 amide bonds. The summed E-state index contributed by atoms with van der Waals surface area (Å²) in [5.41, 5.74) is 0. The molecule has 1 aliphatic heterocycles. The molecular weight excluding hydrogens is 240 g/mol. The third-order valence-electron chi connectivity index (χ3n) is 3.12. The molecule has 5 nitrogen and oxygen atoms in total. The first-order valence-corrected chi connectivity index (χ1v) is 7.85. The largest absolute Gasteiger partial charge is 0.353 e. The molecule has 0 aromatic rings. The summed E-state index contributed by atoms with van der Waals surface area (Å²) in [6.45, 7) is 6.47. The van der Waals surface area contributed by atoms with Gasteiger partial charge in [-0.25, -0.2) is 8.42 Å². The summed E-state index contributed by atoms with van der Waals surface area (Å²) in [5, 5.41) is 5.95. The predicted octanol–water partition coefficient (Wildman–Crippen LogP) is -0.0762. The third kappa shape index (κ3) is 5.04. The SMILES string of the molecule is CC(C)C(C)NC(=O)CC1CS(=O)(=O)CCN1. The highest BCUT2D eigenvalue weighted by Gasteiger charge is 2.26. The molecule has 0 aliphatic carbocycles. The molecule has 2 atom stereocenters. The first-order chi connectivity index (χ1) is 7.80. The number of hydrogen-bond donors (Lipinski definition) is 2. The molecule has 1 fully saturated rings. The smallest absolute Gasteiger partial charge is 0.221 e. The van der Waals surface area contributed by atoms with Gasteiger partial charge in [-0.15, -0.1) is 0 Å². The highest BCUT2D eigenvalue weighted by molar-refractivity contribution is 7.91. The molecule has 0 saturated carbocycles. The normalized spacial score (nSPS) is 25.5. The molecule has 0 bridgehead atoms. The topological polar surface area (TPSA) is 75.3 Å². The van der Waals surface area contributed by atoms with Gasteiger partial charge < -0.3 is 10.6 Å². The molecule has 0 aromatic heterocycles. The second-order valence-corrected chi connectivity index (χ2v) is 7.30. The van der Waals surface area contributed by atoms with Crippen LogP contribution < -0.4 is 10.6 Å². The second kappa shape index (κ2) is 5.82. The lowest BCUT2D eigenvalue weighted by atomic mass is 10.1. The molecule has 0 radical (unpaired) electrons. The minimum atomic E-state index is -2.96. The van der Waals surface area contributed by atoms with Crippen molar-refractivity contribution in [1.29, 1.82) is 0 Å². The molecule has 1 saturated heterocycles. The van der Waals surface area contributed by atoms with Crippen LogP contribution >= 0.6 is 0 Å². The maximum atomic E-state index is 11.7. The zero-order chi connectivity index (χ0) is 13.1. The molecule has 1 aliphatic rings. The van der Waals surface area contributed by atoms with Crippen molar-refractivity contribution < 1.29 is 13.2 Å². The Bertz CT molecular complexity index is 365. The Morgan fingerprint density at radius 1 is 1.41 bits per heavy atom. The van der Waals surface area contributed by atoms with E-state index in [0.29, 0.717) is 12.5 Å². The van der Waals surface area contributed by atoms with E-state index in [1.165, 1.54) is 0 Å². The Labute approximate surface area is 103 Å². The van der Waals surface area contributed by atoms with Gasteiger partial charge in [-0.1, -0.05) is 13.8 Å². The van der Waals surface area contributed by atoms with E-state index < -0.39 is 9.84 Å². The van der Waals surface area contributed by atoms with E-state index in [0.717, 1.165) is 0 Å². The average molecular weight is 262 g/mol. The lowest BCUT2D eigenvalue weighted by molar-refractivity contribution is -0.122. The standard InChI is InChI=1S/C11H22N2O3S/c1-8(2)9(3)13-11(14)6-10-7-17(15,16)5-4-12-10/h8-10,12H,4-7H2,1-3H3,(H,13,14). The number of hydrogen-bond acceptors (Lipinski definition) is 4. The van der Waals surface area contributed by atoms with E-state index in [2.05, 4.69) is 10.6 Å². The first kappa shape index (κ1) is 14.4. The molecule has 0 spiro atoms. The lowest BCUT2D eigenvalue weighted by Crippen LogP contribution is -2.48. The minimum absolute atomic E-state index is 0.0660. The van der Waals surface area contributed by atoms with Gasteiger partial charge in [-0.3, -0.25) is 4.79 Å². The van der Waals surface area contributed by atoms with Crippen LogP contribution in [0.1, 0.15) is 27.2 Å². The van der Waals surface area contributed by atoms with Gasteiger partial charge in [0.05, 0.1) is 11.5 Å². The van der Waals surface area contributed by atoms with E-state index in [9.17, 15) is 13.2 Å². The van der Waals surface area contributed by atoms with E-state index >= 15 is 0 Å². The van der Waals surface area contributed by atoms with Crippen LogP contribution in [0.2, 0.25) is 0 Å². The van der Waals surface area contributed by atoms with Gasteiger partial charge in [-0.2, -0.15) is 0 Å². The summed E-state index contributed by atoms with van der Waals surface area (Å²) in [6, 6.07) is -0.129. The Kier molecular flexibility index (Phi) is 4.94. The highest BCUT2D eigenvalue weighted by atomic mass is 32.2. The quantitative estimate of drug-likeness (QED) is 0.743. The Morgan fingerprint density at radius 2 is 2.06 bits per heavy atom. The fourth-order valence-electron chi connectivity index (χ4n) is 1.70. The minimum Gasteiger partial charge on any atom is -0.353 e. The highest BCUT2D eigenvalue weighted by Crippen LogP contribution is 2.06. The summed E-state index contributed by atoms with van der Waals surface area (Å²) in [7, 11) is -2.96. The van der Waals surface area contributed by atoms with Gasteiger partial charge in [0.15, 0.2) is 9.84 Å². The van der Waals surface area contributed by atoms with Gasteiger partial charge >= 0.3 is 0 Å². The summed E-state index contributed by atoms with van der Waals surface area (Å²) in [6.07, 6.45) is 0.232. The van der Waals surface area contributed by atoms with E-state index in [1.807, 2.05) is 20.8 Å². The molecule has 2 N–H and O–H groups in total. The Morgan fingerprint density at radius 3 is 2.59 bits per heavy atom. The van der Waals surface area contributed by atoms with Crippen molar-refractivity contribution in [2.24, 2.45) is 5.92 Å². The predicted molar refractivity (Wildman–Crippen MR) is 67.5 cm³/mol. The molecule has 0 aromatic carbocycles. The van der Waals surface area contributed by atoms with Crippen LogP contribution in [-0.2, 0) is 14.6 Å². The number of carbonyl (C=O) groups is 1. The maximum Gasteiger partial charge on any atom is 0.221 e. The first-order valence-electron chi connectivity index (χ1n) is 6.03. The fourth-order valence-corrected chi connectivity index (χ4v) is 3.15. The zero-order valence-corrected chi connectivity index (χ0v) is 11.5. The Hall–Kier alpha value is -0.620. The molecule has 17 heavy (non-hydrogen) atoms. The van der Waals surface area contributed by atoms with Crippen molar-refractivity contribution >= 4 is 15.7 Å².